The number of hydrogen-bond donors (Lipinski definition) is 3. The van der Waals surface area contributed by atoms with Crippen molar-refractivity contribution in [2.24, 2.45) is 13.0 Å². The Balaban J connectivity index is 1.51. The summed E-state index contributed by atoms with van der Waals surface area (Å²) in [5.74, 6) is -1.50. The monoisotopic (exact) mass is 583 g/mol. The Bertz CT molecular complexity index is 1330. The summed E-state index contributed by atoms with van der Waals surface area (Å²) in [5.41, 5.74) is 1.76. The third-order valence-corrected chi connectivity index (χ3v) is 12.3. The average Bonchev–Trinajstić information content (AvgIpc) is 3.58. The molecular formula is C25H33ClFN4O5SSi. The van der Waals surface area contributed by atoms with E-state index in [-0.39, 0.29) is 30.4 Å². The van der Waals surface area contributed by atoms with Crippen LogP contribution in [0.15, 0.2) is 18.2 Å². The molecule has 38 heavy (non-hydrogen) atoms. The minimum atomic E-state index is -3.67. The van der Waals surface area contributed by atoms with Crippen LogP contribution in [-0.4, -0.2) is 78.7 Å². The number of nitrogens with one attached hydrogen (secondary N) is 1. The minimum Gasteiger partial charge on any atom is -0.396 e. The van der Waals surface area contributed by atoms with E-state index in [1.807, 2.05) is 0 Å². The molecule has 1 aromatic carbocycles. The second kappa shape index (κ2) is 10.6. The Labute approximate surface area is 230 Å². The van der Waals surface area contributed by atoms with Gasteiger partial charge in [-0.15, -0.1) is 0 Å². The van der Waals surface area contributed by atoms with Crippen molar-refractivity contribution in [1.82, 2.24) is 20.0 Å². The Morgan fingerprint density at radius 2 is 2.08 bits per heavy atom. The van der Waals surface area contributed by atoms with Crippen molar-refractivity contribution in [2.75, 3.05) is 19.7 Å². The van der Waals surface area contributed by atoms with Crippen molar-refractivity contribution in [1.29, 1.82) is 0 Å². The minimum absolute atomic E-state index is 0.00185. The predicted molar refractivity (Wildman–Crippen MR) is 142 cm³/mol. The quantitative estimate of drug-likeness (QED) is 0.365. The first-order chi connectivity index (χ1) is 17.8. The lowest BCUT2D eigenvalue weighted by Gasteiger charge is -2.40. The van der Waals surface area contributed by atoms with E-state index in [0.717, 1.165) is 0 Å². The zero-order valence-electron chi connectivity index (χ0n) is 21.7. The van der Waals surface area contributed by atoms with Crippen molar-refractivity contribution in [3.8, 4) is 0 Å². The Morgan fingerprint density at radius 3 is 2.66 bits per heavy atom. The summed E-state index contributed by atoms with van der Waals surface area (Å²) in [4.78, 5) is 14.7. The number of aliphatic hydroxyl groups is 2. The van der Waals surface area contributed by atoms with Gasteiger partial charge in [0.15, 0.2) is 21.8 Å². The van der Waals surface area contributed by atoms with E-state index in [2.05, 4.69) is 20.7 Å². The van der Waals surface area contributed by atoms with E-state index in [1.54, 1.807) is 31.9 Å². The summed E-state index contributed by atoms with van der Waals surface area (Å²) >= 11 is 5.72. The van der Waals surface area contributed by atoms with Crippen LogP contribution < -0.4 is 5.32 Å². The van der Waals surface area contributed by atoms with Gasteiger partial charge >= 0.3 is 0 Å². The van der Waals surface area contributed by atoms with Crippen molar-refractivity contribution in [3.05, 3.63) is 51.6 Å². The predicted octanol–water partition coefficient (Wildman–Crippen LogP) is 1.91. The fourth-order valence-corrected chi connectivity index (χ4v) is 8.89. The molecule has 3 N–H and O–H groups in total. The summed E-state index contributed by atoms with van der Waals surface area (Å²) in [6.07, 6.45) is 0.236. The van der Waals surface area contributed by atoms with Gasteiger partial charge in [-0.3, -0.25) is 14.4 Å². The molecule has 2 heterocycles. The summed E-state index contributed by atoms with van der Waals surface area (Å²) in [6, 6.07) is 4.64. The zero-order valence-corrected chi connectivity index (χ0v) is 24.2. The third kappa shape index (κ3) is 4.95. The van der Waals surface area contributed by atoms with Crippen LogP contribution in [0, 0.1) is 11.7 Å². The highest BCUT2D eigenvalue weighted by atomic mass is 35.5. The number of amides is 1. The Hall–Kier alpha value is -1.83. The van der Waals surface area contributed by atoms with Gasteiger partial charge in [-0.1, -0.05) is 23.7 Å². The smallest absolute Gasteiger partial charge is 0.272 e. The molecule has 3 radical (unpaired) electrons. The number of aromatic nitrogens is 2. The maximum atomic E-state index is 13.8. The van der Waals surface area contributed by atoms with Gasteiger partial charge in [0.05, 0.1) is 20.2 Å². The van der Waals surface area contributed by atoms with Gasteiger partial charge in [-0.25, -0.2) is 12.8 Å². The number of hydrogen-bond acceptors (Lipinski definition) is 7. The van der Waals surface area contributed by atoms with Gasteiger partial charge in [0, 0.05) is 49.1 Å². The number of aliphatic hydroxyl groups excluding tert-OH is 2. The molecule has 2 aromatic rings. The van der Waals surface area contributed by atoms with Gasteiger partial charge in [-0.05, 0) is 56.7 Å². The molecule has 1 fully saturated rings. The molecule has 2 atom stereocenters. The van der Waals surface area contributed by atoms with E-state index < -0.39 is 43.2 Å². The molecule has 1 aliphatic carbocycles. The molecular weight excluding hydrogens is 551 g/mol. The van der Waals surface area contributed by atoms with Gasteiger partial charge in [0.2, 0.25) is 0 Å². The molecule has 2 unspecified atom stereocenters. The molecule has 2 aliphatic rings. The molecule has 1 aliphatic heterocycles. The van der Waals surface area contributed by atoms with Gasteiger partial charge in [0.25, 0.3) is 5.91 Å². The molecule has 13 heteroatoms. The Morgan fingerprint density at radius 1 is 1.39 bits per heavy atom. The highest BCUT2D eigenvalue weighted by Crippen LogP contribution is 2.51. The van der Waals surface area contributed by atoms with E-state index in [9.17, 15) is 27.8 Å². The third-order valence-electron chi connectivity index (χ3n) is 8.10. The van der Waals surface area contributed by atoms with Crippen molar-refractivity contribution < 1.29 is 27.8 Å². The number of aryl methyl sites for hydroxylation is 1. The second-order valence-corrected chi connectivity index (χ2v) is 14.5. The summed E-state index contributed by atoms with van der Waals surface area (Å²) in [5, 5.41) is 28.1. The maximum Gasteiger partial charge on any atom is 0.272 e. The number of benzene rings is 1. The van der Waals surface area contributed by atoms with E-state index >= 15 is 0 Å². The summed E-state index contributed by atoms with van der Waals surface area (Å²) < 4.78 is 40.6. The number of halogens is 2. The van der Waals surface area contributed by atoms with Gasteiger partial charge in [-0.2, -0.15) is 5.10 Å². The zero-order chi connectivity index (χ0) is 28.0. The molecule has 4 rings (SSSR count). The molecule has 0 saturated heterocycles. The Kier molecular flexibility index (Phi) is 8.15. The fraction of sp³-hybridized carbons (Fsp3) is 0.600. The number of carbonyl (C=O) groups is 1. The van der Waals surface area contributed by atoms with Crippen LogP contribution in [0.4, 0.5) is 4.39 Å². The highest BCUT2D eigenvalue weighted by Gasteiger charge is 2.62. The van der Waals surface area contributed by atoms with Crippen molar-refractivity contribution in [2.45, 2.75) is 61.4 Å². The topological polar surface area (TPSA) is 125 Å². The number of carbonyl (C=O) groups excluding carboxylic acids is 1. The molecule has 1 amide bonds. The number of fused-ring (bicyclic) bond motifs is 1. The van der Waals surface area contributed by atoms with Crippen LogP contribution in [-0.2, 0) is 29.9 Å². The number of nitrogens with zero attached hydrogens (tertiary/aromatic N) is 3. The molecule has 1 aromatic heterocycles. The van der Waals surface area contributed by atoms with Crippen LogP contribution in [0.1, 0.15) is 60.2 Å². The standard InChI is InChI=1S/C25H33ClFN4O5SSi/c1-24(2,16(12-32)13-38)37(35,36)25(7-8-25)14-31-9-6-17-20(29-30(3)21(17)23(31)34)22(33)28-11-15-4-5-18(26)19(27)10-15/h4-5,10,16,23,32,34H,6-9,11-14H2,1-3H3,(H,28,33). The van der Waals surface area contributed by atoms with Crippen LogP contribution in [0.25, 0.3) is 0 Å². The molecule has 9 nitrogen and oxygen atoms in total. The van der Waals surface area contributed by atoms with Crippen LogP contribution in [0.5, 0.6) is 0 Å². The van der Waals surface area contributed by atoms with E-state index in [0.29, 0.717) is 48.7 Å². The van der Waals surface area contributed by atoms with Crippen LogP contribution in [0.3, 0.4) is 0 Å². The van der Waals surface area contributed by atoms with Crippen molar-refractivity contribution >= 4 is 37.6 Å². The maximum absolute atomic E-state index is 13.8. The molecule has 0 spiro atoms. The fourth-order valence-electron chi connectivity index (χ4n) is 5.29. The largest absolute Gasteiger partial charge is 0.396 e. The lowest BCUT2D eigenvalue weighted by molar-refractivity contribution is -0.0136. The van der Waals surface area contributed by atoms with Crippen LogP contribution >= 0.6 is 11.6 Å². The van der Waals surface area contributed by atoms with E-state index in [4.69, 9.17) is 11.6 Å². The lowest BCUT2D eigenvalue weighted by Crippen LogP contribution is -2.52. The van der Waals surface area contributed by atoms with Crippen molar-refractivity contribution in [3.63, 3.8) is 0 Å². The SMILES string of the molecule is Cn1nc(C(=O)NCc2ccc(Cl)c(F)c2)c2c1C(O)N(CC1(S(=O)(=O)C(C)(C)C(CO)C[Si])CC1)CC2. The molecule has 1 saturated carbocycles. The second-order valence-electron chi connectivity index (χ2n) is 10.7. The first-order valence-corrected chi connectivity index (χ1v) is 15.1. The average molecular weight is 584 g/mol. The normalized spacial score (nSPS) is 20.2. The molecule has 0 bridgehead atoms. The molecule has 207 valence electrons. The summed E-state index contributed by atoms with van der Waals surface area (Å²) in [7, 11) is 1.34. The first-order valence-electron chi connectivity index (χ1n) is 12.5. The lowest BCUT2D eigenvalue weighted by atomic mass is 9.98. The van der Waals surface area contributed by atoms with Gasteiger partial charge in [0.1, 0.15) is 5.82 Å². The number of rotatable bonds is 10. The highest BCUT2D eigenvalue weighted by molar-refractivity contribution is 7.94. The number of sulfone groups is 1. The van der Waals surface area contributed by atoms with Gasteiger partial charge < -0.3 is 15.5 Å². The first kappa shape index (κ1) is 29.2. The van der Waals surface area contributed by atoms with E-state index in [1.165, 1.54) is 16.8 Å². The summed E-state index contributed by atoms with van der Waals surface area (Å²) in [6.45, 7) is 3.62. The van der Waals surface area contributed by atoms with Crippen LogP contribution in [0.2, 0.25) is 11.1 Å².